The number of carbonyl (C=O) groups excluding carboxylic acids is 2. The number of anilines is 3. The number of nitrogens with zero attached hydrogens (tertiary/aromatic N) is 2. The molecule has 0 aromatic heterocycles. The Morgan fingerprint density at radius 1 is 1.07 bits per heavy atom. The summed E-state index contributed by atoms with van der Waals surface area (Å²) in [4.78, 5) is 29.4. The number of hydrogen-bond donors (Lipinski definition) is 1. The third-order valence-corrected chi connectivity index (χ3v) is 5.31. The molecule has 1 atom stereocenters. The van der Waals surface area contributed by atoms with Crippen LogP contribution in [0.4, 0.5) is 17.1 Å². The number of aryl methyl sites for hydroxylation is 1. The van der Waals surface area contributed by atoms with Crippen molar-refractivity contribution in [3.8, 4) is 0 Å². The number of benzene rings is 2. The zero-order chi connectivity index (χ0) is 19.5. The van der Waals surface area contributed by atoms with Gasteiger partial charge in [0.25, 0.3) is 0 Å². The van der Waals surface area contributed by atoms with Gasteiger partial charge in [0.1, 0.15) is 0 Å². The molecule has 2 aliphatic rings. The number of amides is 2. The van der Waals surface area contributed by atoms with Crippen LogP contribution in [-0.2, 0) is 14.3 Å². The number of carbonyl (C=O) groups is 2. The molecule has 1 N–H and O–H groups in total. The molecule has 0 radical (unpaired) electrons. The minimum absolute atomic E-state index is 0.00917. The standard InChI is InChI=1S/C22H25N3O3/c1-16-5-4-6-18(13-16)23-22(27)17-14-21(26)25(15-17)20-8-3-2-7-19(20)24-9-11-28-12-10-24/h2-8,13,17H,9-12,14-15H2,1H3,(H,23,27). The number of ether oxygens (including phenoxy) is 1. The Kier molecular flexibility index (Phi) is 5.30. The SMILES string of the molecule is Cc1cccc(NC(=O)C2CC(=O)N(c3ccccc3N3CCOCC3)C2)c1. The van der Waals surface area contributed by atoms with Crippen LogP contribution in [0.3, 0.4) is 0 Å². The summed E-state index contributed by atoms with van der Waals surface area (Å²) in [6.45, 7) is 5.36. The molecule has 4 rings (SSSR count). The summed E-state index contributed by atoms with van der Waals surface area (Å²) >= 11 is 0. The summed E-state index contributed by atoms with van der Waals surface area (Å²) in [6, 6.07) is 15.6. The molecule has 2 aliphatic heterocycles. The van der Waals surface area contributed by atoms with Gasteiger partial charge < -0.3 is 19.9 Å². The molecule has 2 aromatic carbocycles. The second-order valence-corrected chi connectivity index (χ2v) is 7.35. The Hall–Kier alpha value is -2.86. The van der Waals surface area contributed by atoms with E-state index in [1.807, 2.05) is 55.5 Å². The Labute approximate surface area is 165 Å². The van der Waals surface area contributed by atoms with E-state index in [2.05, 4.69) is 10.2 Å². The van der Waals surface area contributed by atoms with Gasteiger partial charge in [-0.1, -0.05) is 24.3 Å². The summed E-state index contributed by atoms with van der Waals surface area (Å²) in [5.41, 5.74) is 3.75. The molecule has 2 amide bonds. The van der Waals surface area contributed by atoms with Gasteiger partial charge in [0.15, 0.2) is 0 Å². The maximum atomic E-state index is 12.7. The van der Waals surface area contributed by atoms with Gasteiger partial charge in [-0.2, -0.15) is 0 Å². The summed E-state index contributed by atoms with van der Waals surface area (Å²) in [6.07, 6.45) is 0.231. The zero-order valence-electron chi connectivity index (χ0n) is 16.1. The fourth-order valence-corrected chi connectivity index (χ4v) is 3.85. The highest BCUT2D eigenvalue weighted by atomic mass is 16.5. The third kappa shape index (κ3) is 3.87. The fraction of sp³-hybridized carbons (Fsp3) is 0.364. The topological polar surface area (TPSA) is 61.9 Å². The molecule has 2 saturated heterocycles. The van der Waals surface area contributed by atoms with Crippen molar-refractivity contribution in [3.05, 3.63) is 54.1 Å². The highest BCUT2D eigenvalue weighted by Crippen LogP contribution is 2.34. The maximum absolute atomic E-state index is 12.7. The first-order chi connectivity index (χ1) is 13.6. The van der Waals surface area contributed by atoms with Gasteiger partial charge in [-0.3, -0.25) is 9.59 Å². The number of rotatable bonds is 4. The van der Waals surface area contributed by atoms with Crippen LogP contribution in [0, 0.1) is 12.8 Å². The highest BCUT2D eigenvalue weighted by Gasteiger charge is 2.36. The van der Waals surface area contributed by atoms with Crippen molar-refractivity contribution in [1.82, 2.24) is 0 Å². The zero-order valence-corrected chi connectivity index (χ0v) is 16.1. The van der Waals surface area contributed by atoms with Gasteiger partial charge in [0, 0.05) is 31.7 Å². The second kappa shape index (κ2) is 8.02. The van der Waals surface area contributed by atoms with Crippen molar-refractivity contribution >= 4 is 28.9 Å². The molecule has 0 bridgehead atoms. The third-order valence-electron chi connectivity index (χ3n) is 5.31. The van der Waals surface area contributed by atoms with Gasteiger partial charge in [-0.25, -0.2) is 0 Å². The number of nitrogens with one attached hydrogen (secondary N) is 1. The molecule has 6 heteroatoms. The van der Waals surface area contributed by atoms with Crippen LogP contribution in [0.1, 0.15) is 12.0 Å². The lowest BCUT2D eigenvalue weighted by molar-refractivity contribution is -0.122. The van der Waals surface area contributed by atoms with Gasteiger partial charge in [-0.05, 0) is 36.8 Å². The van der Waals surface area contributed by atoms with Crippen LogP contribution in [0.15, 0.2) is 48.5 Å². The first-order valence-electron chi connectivity index (χ1n) is 9.71. The van der Waals surface area contributed by atoms with Gasteiger partial charge in [0.05, 0.1) is 30.5 Å². The van der Waals surface area contributed by atoms with Gasteiger partial charge >= 0.3 is 0 Å². The molecule has 2 fully saturated rings. The van der Waals surface area contributed by atoms with Crippen LogP contribution in [0.5, 0.6) is 0 Å². The van der Waals surface area contributed by atoms with Crippen molar-refractivity contribution in [2.75, 3.05) is 48.0 Å². The van der Waals surface area contributed by atoms with E-state index in [9.17, 15) is 9.59 Å². The van der Waals surface area contributed by atoms with E-state index in [0.717, 1.165) is 35.7 Å². The first-order valence-corrected chi connectivity index (χ1v) is 9.71. The number of para-hydroxylation sites is 2. The minimum atomic E-state index is -0.356. The largest absolute Gasteiger partial charge is 0.378 e. The van der Waals surface area contributed by atoms with Gasteiger partial charge in [-0.15, -0.1) is 0 Å². The monoisotopic (exact) mass is 379 g/mol. The lowest BCUT2D eigenvalue weighted by Crippen LogP contribution is -2.38. The van der Waals surface area contributed by atoms with E-state index < -0.39 is 0 Å². The normalized spacial score (nSPS) is 19.8. The Bertz CT molecular complexity index is 877. The van der Waals surface area contributed by atoms with Crippen molar-refractivity contribution in [3.63, 3.8) is 0 Å². The molecule has 2 heterocycles. The van der Waals surface area contributed by atoms with Crippen molar-refractivity contribution in [1.29, 1.82) is 0 Å². The van der Waals surface area contributed by atoms with Crippen LogP contribution in [0.25, 0.3) is 0 Å². The quantitative estimate of drug-likeness (QED) is 0.887. The minimum Gasteiger partial charge on any atom is -0.378 e. The molecule has 6 nitrogen and oxygen atoms in total. The van der Waals surface area contributed by atoms with Crippen molar-refractivity contribution in [2.45, 2.75) is 13.3 Å². The molecular weight excluding hydrogens is 354 g/mol. The lowest BCUT2D eigenvalue weighted by atomic mass is 10.1. The Morgan fingerprint density at radius 2 is 1.82 bits per heavy atom. The maximum Gasteiger partial charge on any atom is 0.229 e. The summed E-state index contributed by atoms with van der Waals surface area (Å²) < 4.78 is 5.45. The molecule has 2 aromatic rings. The fourth-order valence-electron chi connectivity index (χ4n) is 3.85. The van der Waals surface area contributed by atoms with Crippen molar-refractivity contribution in [2.24, 2.45) is 5.92 Å². The second-order valence-electron chi connectivity index (χ2n) is 7.35. The average Bonchev–Trinajstić information content (AvgIpc) is 3.10. The first kappa shape index (κ1) is 18.5. The molecular formula is C22H25N3O3. The van der Waals surface area contributed by atoms with E-state index in [4.69, 9.17) is 4.74 Å². The molecule has 0 aliphatic carbocycles. The molecule has 28 heavy (non-hydrogen) atoms. The lowest BCUT2D eigenvalue weighted by Gasteiger charge is -2.32. The Morgan fingerprint density at radius 3 is 2.57 bits per heavy atom. The predicted molar refractivity (Wildman–Crippen MR) is 110 cm³/mol. The van der Waals surface area contributed by atoms with Crippen LogP contribution in [0.2, 0.25) is 0 Å². The van der Waals surface area contributed by atoms with Crippen molar-refractivity contribution < 1.29 is 14.3 Å². The van der Waals surface area contributed by atoms with E-state index >= 15 is 0 Å². The highest BCUT2D eigenvalue weighted by molar-refractivity contribution is 6.05. The summed E-state index contributed by atoms with van der Waals surface area (Å²) in [5, 5.41) is 2.95. The number of hydrogen-bond acceptors (Lipinski definition) is 4. The smallest absolute Gasteiger partial charge is 0.229 e. The van der Waals surface area contributed by atoms with Gasteiger partial charge in [0.2, 0.25) is 11.8 Å². The van der Waals surface area contributed by atoms with E-state index in [-0.39, 0.29) is 24.2 Å². The van der Waals surface area contributed by atoms with E-state index in [1.54, 1.807) is 4.90 Å². The van der Waals surface area contributed by atoms with Crippen LogP contribution in [-0.4, -0.2) is 44.7 Å². The molecule has 146 valence electrons. The molecule has 1 unspecified atom stereocenters. The van der Waals surface area contributed by atoms with E-state index in [1.165, 1.54) is 0 Å². The van der Waals surface area contributed by atoms with Crippen LogP contribution >= 0.6 is 0 Å². The van der Waals surface area contributed by atoms with E-state index in [0.29, 0.717) is 19.8 Å². The average molecular weight is 379 g/mol. The summed E-state index contributed by atoms with van der Waals surface area (Å²) in [5.74, 6) is -0.471. The number of morpholine rings is 1. The summed E-state index contributed by atoms with van der Waals surface area (Å²) in [7, 11) is 0. The predicted octanol–water partition coefficient (Wildman–Crippen LogP) is 2.82. The van der Waals surface area contributed by atoms with Crippen LogP contribution < -0.4 is 15.1 Å². The molecule has 0 spiro atoms. The Balaban J connectivity index is 1.50. The molecule has 0 saturated carbocycles.